The molecule has 1 unspecified atom stereocenters. The van der Waals surface area contributed by atoms with Gasteiger partial charge in [-0.2, -0.15) is 0 Å². The van der Waals surface area contributed by atoms with E-state index in [0.717, 1.165) is 4.57 Å². The first-order valence-corrected chi connectivity index (χ1v) is 11.4. The summed E-state index contributed by atoms with van der Waals surface area (Å²) in [5.41, 5.74) is -0.0776. The van der Waals surface area contributed by atoms with Gasteiger partial charge in [0.05, 0.1) is 27.7 Å². The molecule has 36 heavy (non-hydrogen) atoms. The lowest BCUT2D eigenvalue weighted by Gasteiger charge is -2.18. The van der Waals surface area contributed by atoms with Crippen molar-refractivity contribution in [2.45, 2.75) is 12.3 Å². The molecule has 2 heterocycles. The molecular formula is C24H19Cl2N5O5. The summed E-state index contributed by atoms with van der Waals surface area (Å²) in [5, 5.41) is 12.4. The van der Waals surface area contributed by atoms with Crippen LogP contribution in [0.5, 0.6) is 0 Å². The number of carboxylic acids is 1. The van der Waals surface area contributed by atoms with Crippen LogP contribution in [0, 0.1) is 0 Å². The molecule has 184 valence electrons. The van der Waals surface area contributed by atoms with Crippen LogP contribution < -0.4 is 16.6 Å². The van der Waals surface area contributed by atoms with Gasteiger partial charge >= 0.3 is 11.7 Å². The molecule has 0 radical (unpaired) electrons. The van der Waals surface area contributed by atoms with E-state index in [1.54, 1.807) is 18.2 Å². The fourth-order valence-corrected chi connectivity index (χ4v) is 4.39. The topological polar surface area (TPSA) is 136 Å². The average molecular weight is 528 g/mol. The van der Waals surface area contributed by atoms with Crippen molar-refractivity contribution in [2.75, 3.05) is 6.54 Å². The van der Waals surface area contributed by atoms with Crippen LogP contribution in [0.25, 0.3) is 16.9 Å². The van der Waals surface area contributed by atoms with Gasteiger partial charge in [0.1, 0.15) is 0 Å². The summed E-state index contributed by atoms with van der Waals surface area (Å²) in [6, 6.07) is 10.9. The molecule has 12 heteroatoms. The van der Waals surface area contributed by atoms with Crippen LogP contribution in [0.3, 0.4) is 0 Å². The van der Waals surface area contributed by atoms with Gasteiger partial charge in [-0.1, -0.05) is 41.4 Å². The van der Waals surface area contributed by atoms with Gasteiger partial charge in [-0.3, -0.25) is 19.0 Å². The lowest BCUT2D eigenvalue weighted by atomic mass is 9.95. The number of nitrogens with one attached hydrogen (secondary N) is 1. The fraction of sp³-hybridized carbons (Fsp3) is 0.167. The summed E-state index contributed by atoms with van der Waals surface area (Å²) < 4.78 is 2.19. The molecule has 4 rings (SSSR count). The quantitative estimate of drug-likeness (QED) is 0.377. The fourth-order valence-electron chi connectivity index (χ4n) is 3.82. The summed E-state index contributed by atoms with van der Waals surface area (Å²) in [5.74, 6) is -2.21. The Balaban J connectivity index is 1.64. The average Bonchev–Trinajstić information content (AvgIpc) is 2.85. The van der Waals surface area contributed by atoms with Crippen molar-refractivity contribution in [1.82, 2.24) is 24.4 Å². The number of fused-ring (bicyclic) bond motifs is 1. The molecule has 2 aromatic heterocycles. The van der Waals surface area contributed by atoms with Crippen molar-refractivity contribution in [3.63, 3.8) is 0 Å². The molecule has 0 fully saturated rings. The molecule has 0 aliphatic heterocycles. The van der Waals surface area contributed by atoms with Gasteiger partial charge in [-0.05, 0) is 29.8 Å². The minimum atomic E-state index is -1.06. The van der Waals surface area contributed by atoms with Crippen molar-refractivity contribution in [2.24, 2.45) is 7.05 Å². The maximum absolute atomic E-state index is 12.9. The Bertz CT molecular complexity index is 1580. The number of aliphatic carboxylic acids is 1. The summed E-state index contributed by atoms with van der Waals surface area (Å²) in [6.45, 7) is -0.0146. The SMILES string of the molecule is Cn1c(=O)n(-c2ccc(C(CNC(=O)c3c(Cl)cccc3Cl)CC(=O)O)cc2)c(=O)c2nccnc21. The third-order valence-electron chi connectivity index (χ3n) is 5.62. The smallest absolute Gasteiger partial charge is 0.337 e. The Hall–Kier alpha value is -4.02. The van der Waals surface area contributed by atoms with Crippen LogP contribution >= 0.6 is 23.2 Å². The van der Waals surface area contributed by atoms with Gasteiger partial charge in [-0.15, -0.1) is 0 Å². The highest BCUT2D eigenvalue weighted by atomic mass is 35.5. The van der Waals surface area contributed by atoms with Crippen molar-refractivity contribution in [3.05, 3.63) is 96.9 Å². The third-order valence-corrected chi connectivity index (χ3v) is 6.25. The molecule has 1 atom stereocenters. The zero-order valence-corrected chi connectivity index (χ0v) is 20.3. The van der Waals surface area contributed by atoms with Gasteiger partial charge in [0, 0.05) is 31.9 Å². The Kier molecular flexibility index (Phi) is 7.18. The summed E-state index contributed by atoms with van der Waals surface area (Å²) in [7, 11) is 1.49. The van der Waals surface area contributed by atoms with Crippen LogP contribution in [-0.2, 0) is 11.8 Å². The molecule has 4 aromatic rings. The predicted molar refractivity (Wildman–Crippen MR) is 134 cm³/mol. The zero-order chi connectivity index (χ0) is 26.0. The third kappa shape index (κ3) is 4.86. The van der Waals surface area contributed by atoms with E-state index in [9.17, 15) is 24.3 Å². The van der Waals surface area contributed by atoms with E-state index in [1.165, 1.54) is 48.3 Å². The minimum absolute atomic E-state index is 0.0146. The van der Waals surface area contributed by atoms with Gasteiger partial charge in [0.2, 0.25) is 0 Å². The highest BCUT2D eigenvalue weighted by Crippen LogP contribution is 2.25. The number of halogens is 2. The van der Waals surface area contributed by atoms with E-state index >= 15 is 0 Å². The van der Waals surface area contributed by atoms with Crippen molar-refractivity contribution < 1.29 is 14.7 Å². The molecule has 2 aromatic carbocycles. The molecule has 0 saturated carbocycles. The molecule has 10 nitrogen and oxygen atoms in total. The monoisotopic (exact) mass is 527 g/mol. The number of hydrogen-bond acceptors (Lipinski definition) is 6. The molecule has 0 aliphatic rings. The summed E-state index contributed by atoms with van der Waals surface area (Å²) in [6.07, 6.45) is 2.48. The second kappa shape index (κ2) is 10.3. The van der Waals surface area contributed by atoms with Crippen LogP contribution in [0.1, 0.15) is 28.3 Å². The molecule has 0 aliphatic carbocycles. The highest BCUT2D eigenvalue weighted by Gasteiger charge is 2.21. The standard InChI is InChI=1S/C24H19Cl2N5O5/c1-30-21-20(27-9-10-28-21)23(35)31(24(30)36)15-7-5-13(6-8-15)14(11-18(32)33)12-29-22(34)19-16(25)3-2-4-17(19)26/h2-10,14H,11-12H2,1H3,(H,29,34)(H,32,33). The number of hydrogen-bond donors (Lipinski definition) is 2. The molecular weight excluding hydrogens is 509 g/mol. The van der Waals surface area contributed by atoms with Crippen LogP contribution in [0.2, 0.25) is 10.0 Å². The van der Waals surface area contributed by atoms with Crippen LogP contribution in [0.15, 0.2) is 64.4 Å². The number of amides is 1. The number of benzene rings is 2. The molecule has 0 bridgehead atoms. The Morgan fingerprint density at radius 2 is 1.67 bits per heavy atom. The summed E-state index contributed by atoms with van der Waals surface area (Å²) >= 11 is 12.2. The molecule has 0 saturated heterocycles. The lowest BCUT2D eigenvalue weighted by molar-refractivity contribution is -0.137. The van der Waals surface area contributed by atoms with Crippen molar-refractivity contribution in [3.8, 4) is 5.69 Å². The minimum Gasteiger partial charge on any atom is -0.481 e. The Labute approximate surface area is 213 Å². The maximum Gasteiger partial charge on any atom is 0.337 e. The second-order valence-electron chi connectivity index (χ2n) is 7.90. The van der Waals surface area contributed by atoms with Crippen molar-refractivity contribution >= 4 is 46.2 Å². The van der Waals surface area contributed by atoms with E-state index in [4.69, 9.17) is 23.2 Å². The summed E-state index contributed by atoms with van der Waals surface area (Å²) in [4.78, 5) is 58.0. The van der Waals surface area contributed by atoms with Gasteiger partial charge < -0.3 is 10.4 Å². The number of rotatable bonds is 7. The highest BCUT2D eigenvalue weighted by molar-refractivity contribution is 6.39. The number of aromatic nitrogens is 4. The van der Waals surface area contributed by atoms with E-state index in [-0.39, 0.29) is 45.4 Å². The van der Waals surface area contributed by atoms with Gasteiger partial charge in [0.15, 0.2) is 11.2 Å². The number of aryl methyl sites for hydroxylation is 1. The largest absolute Gasteiger partial charge is 0.481 e. The van der Waals surface area contributed by atoms with E-state index < -0.39 is 29.0 Å². The predicted octanol–water partition coefficient (Wildman–Crippen LogP) is 2.77. The lowest BCUT2D eigenvalue weighted by Crippen LogP contribution is -2.38. The van der Waals surface area contributed by atoms with Gasteiger partial charge in [0.25, 0.3) is 11.5 Å². The number of nitrogens with zero attached hydrogens (tertiary/aromatic N) is 4. The van der Waals surface area contributed by atoms with E-state index in [1.807, 2.05) is 0 Å². The normalized spacial score (nSPS) is 11.9. The van der Waals surface area contributed by atoms with Gasteiger partial charge in [-0.25, -0.2) is 19.3 Å². The zero-order valence-electron chi connectivity index (χ0n) is 18.8. The number of carbonyl (C=O) groups is 2. The van der Waals surface area contributed by atoms with E-state index in [2.05, 4.69) is 15.3 Å². The first-order valence-electron chi connectivity index (χ1n) is 10.7. The molecule has 2 N–H and O–H groups in total. The number of carboxylic acid groups (broad SMARTS) is 1. The van der Waals surface area contributed by atoms with Crippen LogP contribution in [0.4, 0.5) is 0 Å². The molecule has 1 amide bonds. The second-order valence-corrected chi connectivity index (χ2v) is 8.72. The number of carbonyl (C=O) groups excluding carboxylic acids is 1. The van der Waals surface area contributed by atoms with Crippen LogP contribution in [-0.4, -0.2) is 42.6 Å². The Morgan fingerprint density at radius 3 is 2.31 bits per heavy atom. The first-order chi connectivity index (χ1) is 17.2. The van der Waals surface area contributed by atoms with Crippen molar-refractivity contribution in [1.29, 1.82) is 0 Å². The Morgan fingerprint density at radius 1 is 1.03 bits per heavy atom. The molecule has 0 spiro atoms. The van der Waals surface area contributed by atoms with E-state index in [0.29, 0.717) is 5.56 Å². The first kappa shape index (κ1) is 25.1. The maximum atomic E-state index is 12.9.